The monoisotopic (exact) mass is 261 g/mol. The van der Waals surface area contributed by atoms with Crippen molar-refractivity contribution >= 4 is 22.7 Å². The lowest BCUT2D eigenvalue weighted by molar-refractivity contribution is 0.585. The van der Waals surface area contributed by atoms with Crippen LogP contribution in [0.5, 0.6) is 0 Å². The highest BCUT2D eigenvalue weighted by Crippen LogP contribution is 2.33. The van der Waals surface area contributed by atoms with Gasteiger partial charge in [0.2, 0.25) is 0 Å². The zero-order valence-electron chi connectivity index (χ0n) is 9.61. The van der Waals surface area contributed by atoms with Gasteiger partial charge in [-0.3, -0.25) is 5.10 Å². The Hall–Kier alpha value is -2.70. The summed E-state index contributed by atoms with van der Waals surface area (Å²) in [4.78, 5) is 4.01. The van der Waals surface area contributed by atoms with Crippen LogP contribution in [0.15, 0.2) is 24.3 Å². The fourth-order valence-corrected chi connectivity index (χ4v) is 1.99. The predicted molar refractivity (Wildman–Crippen MR) is 68.1 cm³/mol. The van der Waals surface area contributed by atoms with Crippen LogP contribution in [-0.4, -0.2) is 15.2 Å². The summed E-state index contributed by atoms with van der Waals surface area (Å²) in [6, 6.07) is 4.76. The second-order valence-corrected chi connectivity index (χ2v) is 4.05. The fraction of sp³-hybridized carbons (Fsp3) is 0. The number of benzene rings is 1. The molecule has 2 aromatic heterocycles. The Balaban J connectivity index is 2.38. The number of rotatable bonds is 1. The molecule has 2 heterocycles. The number of nitrogens with zero attached hydrogens (tertiary/aromatic N) is 2. The van der Waals surface area contributed by atoms with Gasteiger partial charge in [-0.05, 0) is 18.2 Å². The SMILES string of the molecule is Nc1cc(-c2ccc(F)cc2F)c2c(N)n[nH]c2n1. The molecule has 0 amide bonds. The third-order valence-corrected chi connectivity index (χ3v) is 2.80. The molecule has 0 saturated heterocycles. The number of nitrogens with one attached hydrogen (secondary N) is 1. The van der Waals surface area contributed by atoms with Crippen molar-refractivity contribution in [1.29, 1.82) is 0 Å². The predicted octanol–water partition coefficient (Wildman–Crippen LogP) is 2.07. The van der Waals surface area contributed by atoms with Crippen molar-refractivity contribution in [3.63, 3.8) is 0 Å². The molecule has 19 heavy (non-hydrogen) atoms. The average Bonchev–Trinajstić information content (AvgIpc) is 2.70. The summed E-state index contributed by atoms with van der Waals surface area (Å²) in [7, 11) is 0. The largest absolute Gasteiger partial charge is 0.384 e. The van der Waals surface area contributed by atoms with E-state index in [0.29, 0.717) is 16.6 Å². The number of pyridine rings is 1. The molecule has 5 nitrogen and oxygen atoms in total. The Bertz CT molecular complexity index is 781. The van der Waals surface area contributed by atoms with Crippen LogP contribution >= 0.6 is 0 Å². The van der Waals surface area contributed by atoms with E-state index in [2.05, 4.69) is 15.2 Å². The number of hydrogen-bond donors (Lipinski definition) is 3. The molecule has 0 aliphatic heterocycles. The molecular weight excluding hydrogens is 252 g/mol. The summed E-state index contributed by atoms with van der Waals surface area (Å²) in [6.07, 6.45) is 0. The highest BCUT2D eigenvalue weighted by molar-refractivity contribution is 6.00. The number of hydrogen-bond acceptors (Lipinski definition) is 4. The van der Waals surface area contributed by atoms with Crippen LogP contribution < -0.4 is 11.5 Å². The third kappa shape index (κ3) is 1.75. The Morgan fingerprint density at radius 1 is 1.05 bits per heavy atom. The quantitative estimate of drug-likeness (QED) is 0.625. The standard InChI is InChI=1S/C12H9F2N5/c13-5-1-2-6(8(14)3-5)7-4-9(15)17-12-10(7)11(16)18-19-12/h1-4H,(H5,15,16,17,18,19). The van der Waals surface area contributed by atoms with Gasteiger partial charge in [0.15, 0.2) is 11.5 Å². The van der Waals surface area contributed by atoms with Crippen LogP contribution in [0.25, 0.3) is 22.2 Å². The van der Waals surface area contributed by atoms with Gasteiger partial charge >= 0.3 is 0 Å². The lowest BCUT2D eigenvalue weighted by Crippen LogP contribution is -1.95. The highest BCUT2D eigenvalue weighted by Gasteiger charge is 2.15. The lowest BCUT2D eigenvalue weighted by Gasteiger charge is -2.06. The zero-order chi connectivity index (χ0) is 13.6. The molecule has 0 saturated carbocycles. The first kappa shape index (κ1) is 11.4. The highest BCUT2D eigenvalue weighted by atomic mass is 19.1. The van der Waals surface area contributed by atoms with Gasteiger partial charge < -0.3 is 11.5 Å². The van der Waals surface area contributed by atoms with Gasteiger partial charge in [0.25, 0.3) is 0 Å². The van der Waals surface area contributed by atoms with Crippen molar-refractivity contribution in [3.05, 3.63) is 35.9 Å². The number of anilines is 2. The molecule has 0 atom stereocenters. The molecule has 0 spiro atoms. The summed E-state index contributed by atoms with van der Waals surface area (Å²) in [5.41, 5.74) is 12.3. The van der Waals surface area contributed by atoms with Gasteiger partial charge in [-0.1, -0.05) is 0 Å². The summed E-state index contributed by atoms with van der Waals surface area (Å²) < 4.78 is 26.8. The Labute approximate surface area is 106 Å². The maximum absolute atomic E-state index is 13.9. The van der Waals surface area contributed by atoms with Gasteiger partial charge in [0.1, 0.15) is 17.5 Å². The number of halogens is 2. The molecule has 96 valence electrons. The van der Waals surface area contributed by atoms with E-state index in [0.717, 1.165) is 12.1 Å². The van der Waals surface area contributed by atoms with E-state index in [1.165, 1.54) is 12.1 Å². The average molecular weight is 261 g/mol. The van der Waals surface area contributed by atoms with Crippen molar-refractivity contribution in [2.45, 2.75) is 0 Å². The molecule has 3 rings (SSSR count). The molecule has 7 heteroatoms. The Morgan fingerprint density at radius 3 is 2.58 bits per heavy atom. The number of aromatic amines is 1. The van der Waals surface area contributed by atoms with Crippen LogP contribution in [0.4, 0.5) is 20.4 Å². The maximum atomic E-state index is 13.9. The second kappa shape index (κ2) is 3.91. The number of aromatic nitrogens is 3. The van der Waals surface area contributed by atoms with Gasteiger partial charge in [-0.25, -0.2) is 13.8 Å². The van der Waals surface area contributed by atoms with Crippen molar-refractivity contribution in [2.75, 3.05) is 11.5 Å². The maximum Gasteiger partial charge on any atom is 0.160 e. The van der Waals surface area contributed by atoms with E-state index in [-0.39, 0.29) is 17.2 Å². The summed E-state index contributed by atoms with van der Waals surface area (Å²) in [6.45, 7) is 0. The van der Waals surface area contributed by atoms with Crippen LogP contribution in [0.1, 0.15) is 0 Å². The van der Waals surface area contributed by atoms with Gasteiger partial charge in [0.05, 0.1) is 5.39 Å². The zero-order valence-corrected chi connectivity index (χ0v) is 9.61. The van der Waals surface area contributed by atoms with Crippen molar-refractivity contribution in [3.8, 4) is 11.1 Å². The number of fused-ring (bicyclic) bond motifs is 1. The van der Waals surface area contributed by atoms with Crippen molar-refractivity contribution < 1.29 is 8.78 Å². The lowest BCUT2D eigenvalue weighted by atomic mass is 10.0. The first-order chi connectivity index (χ1) is 9.06. The Morgan fingerprint density at radius 2 is 1.84 bits per heavy atom. The minimum atomic E-state index is -0.701. The topological polar surface area (TPSA) is 93.6 Å². The van der Waals surface area contributed by atoms with E-state index in [1.807, 2.05) is 0 Å². The van der Waals surface area contributed by atoms with E-state index < -0.39 is 11.6 Å². The van der Waals surface area contributed by atoms with Gasteiger partial charge in [-0.2, -0.15) is 5.10 Å². The van der Waals surface area contributed by atoms with Crippen LogP contribution in [0.3, 0.4) is 0 Å². The Kier molecular flexibility index (Phi) is 2.34. The van der Waals surface area contributed by atoms with Crippen LogP contribution in [0, 0.1) is 11.6 Å². The molecule has 1 aromatic carbocycles. The first-order valence-corrected chi connectivity index (χ1v) is 5.42. The minimum Gasteiger partial charge on any atom is -0.384 e. The number of H-pyrrole nitrogens is 1. The second-order valence-electron chi connectivity index (χ2n) is 4.05. The van der Waals surface area contributed by atoms with E-state index in [9.17, 15) is 8.78 Å². The minimum absolute atomic E-state index is 0.182. The molecule has 3 aromatic rings. The molecule has 0 aliphatic rings. The summed E-state index contributed by atoms with van der Waals surface area (Å²) >= 11 is 0. The van der Waals surface area contributed by atoms with E-state index in [4.69, 9.17) is 11.5 Å². The molecule has 0 unspecified atom stereocenters. The molecule has 0 bridgehead atoms. The molecule has 5 N–H and O–H groups in total. The smallest absolute Gasteiger partial charge is 0.160 e. The van der Waals surface area contributed by atoms with E-state index in [1.54, 1.807) is 0 Å². The molecular formula is C12H9F2N5. The molecule has 0 aliphatic carbocycles. The van der Waals surface area contributed by atoms with Crippen molar-refractivity contribution in [1.82, 2.24) is 15.2 Å². The number of nitrogens with two attached hydrogens (primary N) is 2. The van der Waals surface area contributed by atoms with Crippen molar-refractivity contribution in [2.24, 2.45) is 0 Å². The summed E-state index contributed by atoms with van der Waals surface area (Å²) in [5.74, 6) is -0.983. The van der Waals surface area contributed by atoms with E-state index >= 15 is 0 Å². The first-order valence-electron chi connectivity index (χ1n) is 5.42. The number of nitrogen functional groups attached to an aromatic ring is 2. The third-order valence-electron chi connectivity index (χ3n) is 2.80. The normalized spacial score (nSPS) is 11.1. The summed E-state index contributed by atoms with van der Waals surface area (Å²) in [5, 5.41) is 6.87. The van der Waals surface area contributed by atoms with Crippen LogP contribution in [-0.2, 0) is 0 Å². The van der Waals surface area contributed by atoms with Gasteiger partial charge in [-0.15, -0.1) is 0 Å². The molecule has 0 radical (unpaired) electrons. The van der Waals surface area contributed by atoms with Crippen LogP contribution in [0.2, 0.25) is 0 Å². The molecule has 0 fully saturated rings. The van der Waals surface area contributed by atoms with Gasteiger partial charge in [0, 0.05) is 17.2 Å². The fourth-order valence-electron chi connectivity index (χ4n) is 1.99.